The maximum absolute atomic E-state index is 11.0. The number of aryl methyl sites for hydroxylation is 1. The number of benzene rings is 1. The highest BCUT2D eigenvalue weighted by molar-refractivity contribution is 5.78. The molecule has 2 aromatic heterocycles. The van der Waals surface area contributed by atoms with E-state index >= 15 is 0 Å². The highest BCUT2D eigenvalue weighted by Gasteiger charge is 2.57. The van der Waals surface area contributed by atoms with Gasteiger partial charge in [0.25, 0.3) is 0 Å². The van der Waals surface area contributed by atoms with Crippen molar-refractivity contribution in [1.29, 1.82) is 0 Å². The van der Waals surface area contributed by atoms with Gasteiger partial charge in [0.15, 0.2) is 12.0 Å². The van der Waals surface area contributed by atoms with Crippen molar-refractivity contribution in [2.45, 2.75) is 57.2 Å². The maximum Gasteiger partial charge on any atom is 0.164 e. The van der Waals surface area contributed by atoms with E-state index in [2.05, 4.69) is 9.97 Å². The minimum Gasteiger partial charge on any atom is -0.386 e. The van der Waals surface area contributed by atoms with Crippen LogP contribution in [0.4, 0.5) is 0 Å². The second-order valence-electron chi connectivity index (χ2n) is 7.83. The fraction of sp³-hybridized carbons (Fsp3) is 0.429. The first kappa shape index (κ1) is 17.8. The molecule has 28 heavy (non-hydrogen) atoms. The monoisotopic (exact) mass is 381 g/mol. The fourth-order valence-corrected chi connectivity index (χ4v) is 4.23. The number of aliphatic hydroxyl groups excluding tert-OH is 1. The van der Waals surface area contributed by atoms with Gasteiger partial charge in [-0.1, -0.05) is 30.3 Å². The Labute approximate surface area is 162 Å². The van der Waals surface area contributed by atoms with Crippen LogP contribution >= 0.6 is 0 Å². The zero-order chi connectivity index (χ0) is 19.5. The first-order valence-corrected chi connectivity index (χ1v) is 9.47. The van der Waals surface area contributed by atoms with Crippen molar-refractivity contribution < 1.29 is 19.3 Å². The van der Waals surface area contributed by atoms with Gasteiger partial charge in [0.1, 0.15) is 36.4 Å². The molecule has 1 N–H and O–H groups in total. The quantitative estimate of drug-likeness (QED) is 0.752. The van der Waals surface area contributed by atoms with Crippen LogP contribution in [0.3, 0.4) is 0 Å². The molecule has 5 atom stereocenters. The molecule has 5 rings (SSSR count). The molecule has 7 nitrogen and oxygen atoms in total. The van der Waals surface area contributed by atoms with Crippen LogP contribution in [0.1, 0.15) is 37.4 Å². The molecule has 1 aromatic carbocycles. The standard InChI is InChI=1S/C21H23N3O4/c1-12-14-9-10-24(19(14)23-11-22-12)20-18-17(27-21(2,3)28-18)16(26-20)15(25)13-7-5-4-6-8-13/h4-11,15-18,20,25H,1-3H3/t15-,16-,17+,18+,20+/m0/s1. The van der Waals surface area contributed by atoms with Crippen molar-refractivity contribution in [1.82, 2.24) is 14.5 Å². The summed E-state index contributed by atoms with van der Waals surface area (Å²) in [6, 6.07) is 11.5. The molecule has 7 heteroatoms. The lowest BCUT2D eigenvalue weighted by Crippen LogP contribution is -2.34. The predicted octanol–water partition coefficient (Wildman–Crippen LogP) is 2.89. The van der Waals surface area contributed by atoms with E-state index in [9.17, 15) is 5.11 Å². The van der Waals surface area contributed by atoms with E-state index in [1.807, 2.05) is 67.9 Å². The summed E-state index contributed by atoms with van der Waals surface area (Å²) >= 11 is 0. The SMILES string of the molecule is Cc1ncnc2c1ccn2[C@@H]1O[C@@H]([C@@H](O)c2ccccc2)[C@H]2OC(C)(C)O[C@H]21. The molecule has 4 heterocycles. The van der Waals surface area contributed by atoms with Crippen LogP contribution in [-0.4, -0.2) is 43.7 Å². The van der Waals surface area contributed by atoms with Crippen LogP contribution < -0.4 is 0 Å². The van der Waals surface area contributed by atoms with Gasteiger partial charge in [-0.3, -0.25) is 0 Å². The molecular weight excluding hydrogens is 358 g/mol. The van der Waals surface area contributed by atoms with E-state index in [0.717, 1.165) is 22.3 Å². The summed E-state index contributed by atoms with van der Waals surface area (Å²) in [7, 11) is 0. The molecule has 3 aromatic rings. The molecule has 0 amide bonds. The third kappa shape index (κ3) is 2.74. The summed E-state index contributed by atoms with van der Waals surface area (Å²) in [4.78, 5) is 8.70. The lowest BCUT2D eigenvalue weighted by atomic mass is 9.99. The van der Waals surface area contributed by atoms with Crippen molar-refractivity contribution in [3.05, 3.63) is 60.2 Å². The van der Waals surface area contributed by atoms with E-state index in [1.54, 1.807) is 6.33 Å². The van der Waals surface area contributed by atoms with Crippen LogP contribution in [0.5, 0.6) is 0 Å². The van der Waals surface area contributed by atoms with E-state index in [4.69, 9.17) is 14.2 Å². The second-order valence-corrected chi connectivity index (χ2v) is 7.83. The van der Waals surface area contributed by atoms with Crippen LogP contribution in [0.25, 0.3) is 11.0 Å². The third-order valence-electron chi connectivity index (χ3n) is 5.50. The van der Waals surface area contributed by atoms with Crippen LogP contribution in [0, 0.1) is 6.92 Å². The lowest BCUT2D eigenvalue weighted by Gasteiger charge is -2.27. The van der Waals surface area contributed by atoms with E-state index in [-0.39, 0.29) is 6.10 Å². The Morgan fingerprint density at radius 2 is 1.82 bits per heavy atom. The number of ether oxygens (including phenoxy) is 3. The van der Waals surface area contributed by atoms with Gasteiger partial charge in [0.05, 0.1) is 5.69 Å². The second kappa shape index (κ2) is 6.35. The number of hydrogen-bond donors (Lipinski definition) is 1. The van der Waals surface area contributed by atoms with Crippen LogP contribution in [0.15, 0.2) is 48.9 Å². The Hall–Kier alpha value is -2.32. The number of aromatic nitrogens is 3. The number of nitrogens with zero attached hydrogens (tertiary/aromatic N) is 3. The molecule has 0 radical (unpaired) electrons. The van der Waals surface area contributed by atoms with Crippen molar-refractivity contribution in [2.24, 2.45) is 0 Å². The lowest BCUT2D eigenvalue weighted by molar-refractivity contribution is -0.207. The number of hydrogen-bond acceptors (Lipinski definition) is 6. The number of fused-ring (bicyclic) bond motifs is 2. The van der Waals surface area contributed by atoms with E-state index < -0.39 is 30.3 Å². The third-order valence-corrected chi connectivity index (χ3v) is 5.50. The first-order valence-electron chi connectivity index (χ1n) is 9.47. The summed E-state index contributed by atoms with van der Waals surface area (Å²) in [5, 5.41) is 12.0. The van der Waals surface area contributed by atoms with Gasteiger partial charge in [-0.05, 0) is 32.4 Å². The van der Waals surface area contributed by atoms with E-state index in [0.29, 0.717) is 0 Å². The normalized spacial score (nSPS) is 29.9. The summed E-state index contributed by atoms with van der Waals surface area (Å²) in [5.74, 6) is -0.750. The first-order chi connectivity index (χ1) is 13.4. The van der Waals surface area contributed by atoms with Crippen LogP contribution in [-0.2, 0) is 14.2 Å². The molecule has 0 unspecified atom stereocenters. The summed E-state index contributed by atoms with van der Waals surface area (Å²) in [6.07, 6.45) is 0.892. The average molecular weight is 381 g/mol. The Bertz CT molecular complexity index is 1000. The average Bonchev–Trinajstić information content (AvgIpc) is 3.33. The van der Waals surface area contributed by atoms with Gasteiger partial charge in [-0.2, -0.15) is 0 Å². The molecule has 0 bridgehead atoms. The van der Waals surface area contributed by atoms with Gasteiger partial charge >= 0.3 is 0 Å². The van der Waals surface area contributed by atoms with Gasteiger partial charge in [-0.25, -0.2) is 9.97 Å². The molecule has 2 saturated heterocycles. The molecule has 146 valence electrons. The van der Waals surface area contributed by atoms with Gasteiger partial charge in [-0.15, -0.1) is 0 Å². The highest BCUT2D eigenvalue weighted by Crippen LogP contribution is 2.47. The minimum atomic E-state index is -0.825. The van der Waals surface area contributed by atoms with Crippen molar-refractivity contribution in [2.75, 3.05) is 0 Å². The zero-order valence-electron chi connectivity index (χ0n) is 16.0. The smallest absolute Gasteiger partial charge is 0.164 e. The molecule has 0 spiro atoms. The van der Waals surface area contributed by atoms with Crippen molar-refractivity contribution in [3.8, 4) is 0 Å². The van der Waals surface area contributed by atoms with Crippen LogP contribution in [0.2, 0.25) is 0 Å². The Kier molecular flexibility index (Phi) is 4.03. The Morgan fingerprint density at radius 1 is 1.07 bits per heavy atom. The molecule has 2 aliphatic rings. The summed E-state index contributed by atoms with van der Waals surface area (Å²) < 4.78 is 20.6. The molecule has 0 aliphatic carbocycles. The van der Waals surface area contributed by atoms with Crippen molar-refractivity contribution >= 4 is 11.0 Å². The van der Waals surface area contributed by atoms with Gasteiger partial charge in [0.2, 0.25) is 0 Å². The van der Waals surface area contributed by atoms with Crippen molar-refractivity contribution in [3.63, 3.8) is 0 Å². The number of rotatable bonds is 3. The fourth-order valence-electron chi connectivity index (χ4n) is 4.23. The van der Waals surface area contributed by atoms with Gasteiger partial charge < -0.3 is 23.9 Å². The predicted molar refractivity (Wildman–Crippen MR) is 101 cm³/mol. The maximum atomic E-state index is 11.0. The highest BCUT2D eigenvalue weighted by atomic mass is 16.8. The Balaban J connectivity index is 1.55. The summed E-state index contributed by atoms with van der Waals surface area (Å²) in [5.41, 5.74) is 2.47. The van der Waals surface area contributed by atoms with E-state index in [1.165, 1.54) is 0 Å². The molecular formula is C21H23N3O4. The number of aliphatic hydroxyl groups is 1. The largest absolute Gasteiger partial charge is 0.386 e. The van der Waals surface area contributed by atoms with Gasteiger partial charge in [0, 0.05) is 11.6 Å². The minimum absolute atomic E-state index is 0.357. The molecule has 2 aliphatic heterocycles. The zero-order valence-corrected chi connectivity index (χ0v) is 16.0. The topological polar surface area (TPSA) is 78.6 Å². The Morgan fingerprint density at radius 3 is 2.61 bits per heavy atom. The summed E-state index contributed by atoms with van der Waals surface area (Å²) in [6.45, 7) is 5.72. The molecule has 2 fully saturated rings. The molecule has 0 saturated carbocycles.